The smallest absolute Gasteiger partial charge is 0.0328 e. The number of rotatable bonds is 6. The molecule has 0 amide bonds. The van der Waals surface area contributed by atoms with Gasteiger partial charge in [-0.1, -0.05) is 59.7 Å². The van der Waals surface area contributed by atoms with Crippen LogP contribution in [0.2, 0.25) is 0 Å². The van der Waals surface area contributed by atoms with Gasteiger partial charge in [0.05, 0.1) is 0 Å². The number of nitrogens with one attached hydrogen (secondary N) is 1. The number of benzene rings is 2. The van der Waals surface area contributed by atoms with Gasteiger partial charge in [0.15, 0.2) is 0 Å². The first kappa shape index (κ1) is 15.6. The number of hydrogen-bond donors (Lipinski definition) is 1. The Labute approximate surface area is 134 Å². The Bertz CT molecular complexity index is 539. The lowest BCUT2D eigenvalue weighted by atomic mass is 10.0. The molecule has 1 atom stereocenters. The zero-order valence-electron chi connectivity index (χ0n) is 11.9. The van der Waals surface area contributed by atoms with E-state index in [-0.39, 0.29) is 0 Å². The van der Waals surface area contributed by atoms with Gasteiger partial charge in [-0.05, 0) is 48.9 Å². The largest absolute Gasteiger partial charge is 0.310 e. The van der Waals surface area contributed by atoms with Crippen LogP contribution in [0.25, 0.3) is 0 Å². The van der Waals surface area contributed by atoms with Crippen LogP contribution < -0.4 is 5.32 Å². The normalized spacial score (nSPS) is 12.3. The molecule has 3 heteroatoms. The summed E-state index contributed by atoms with van der Waals surface area (Å²) >= 11 is 5.31. The van der Waals surface area contributed by atoms with E-state index in [0.717, 1.165) is 17.4 Å². The van der Waals surface area contributed by atoms with Gasteiger partial charge in [-0.25, -0.2) is 0 Å². The van der Waals surface area contributed by atoms with E-state index in [9.17, 15) is 0 Å². The van der Waals surface area contributed by atoms with Crippen molar-refractivity contribution in [3.8, 4) is 0 Å². The van der Waals surface area contributed by atoms with Crippen LogP contribution in [-0.2, 0) is 0 Å². The number of hydrogen-bond acceptors (Lipinski definition) is 2. The van der Waals surface area contributed by atoms with E-state index in [1.807, 2.05) is 11.8 Å². The zero-order chi connectivity index (χ0) is 14.4. The average Bonchev–Trinajstić information content (AvgIpc) is 2.48. The lowest BCUT2D eigenvalue weighted by molar-refractivity contribution is 0.530. The van der Waals surface area contributed by atoms with Gasteiger partial charge in [0.1, 0.15) is 0 Å². The first-order valence-electron chi connectivity index (χ1n) is 7.00. The van der Waals surface area contributed by atoms with Crippen molar-refractivity contribution in [3.05, 3.63) is 58.6 Å². The summed E-state index contributed by atoms with van der Waals surface area (Å²) in [6.07, 6.45) is 1.10. The summed E-state index contributed by atoms with van der Waals surface area (Å²) in [4.78, 5) is 2.61. The lowest BCUT2D eigenvalue weighted by Crippen LogP contribution is -2.20. The second kappa shape index (κ2) is 7.87. The Morgan fingerprint density at radius 1 is 1.05 bits per heavy atom. The third kappa shape index (κ3) is 4.11. The van der Waals surface area contributed by atoms with Gasteiger partial charge in [-0.2, -0.15) is 0 Å². The monoisotopic (exact) mass is 349 g/mol. The van der Waals surface area contributed by atoms with E-state index in [1.54, 1.807) is 0 Å². The predicted molar refractivity (Wildman–Crippen MR) is 91.4 cm³/mol. The van der Waals surface area contributed by atoms with Crippen molar-refractivity contribution in [1.29, 1.82) is 0 Å². The molecule has 0 aliphatic heterocycles. The molecule has 0 radical (unpaired) electrons. The molecule has 1 N–H and O–H groups in total. The maximum Gasteiger partial charge on any atom is 0.0328 e. The number of halogens is 1. The summed E-state index contributed by atoms with van der Waals surface area (Å²) in [6.45, 7) is 5.39. The molecule has 0 aromatic heterocycles. The van der Waals surface area contributed by atoms with Gasteiger partial charge in [0.2, 0.25) is 0 Å². The van der Waals surface area contributed by atoms with E-state index in [0.29, 0.717) is 6.04 Å². The van der Waals surface area contributed by atoms with E-state index < -0.39 is 0 Å². The molecule has 106 valence electrons. The van der Waals surface area contributed by atoms with Crippen molar-refractivity contribution in [3.63, 3.8) is 0 Å². The molecule has 0 fully saturated rings. The van der Waals surface area contributed by atoms with Gasteiger partial charge in [-0.15, -0.1) is 0 Å². The van der Waals surface area contributed by atoms with Gasteiger partial charge < -0.3 is 5.32 Å². The predicted octanol–water partition coefficient (Wildman–Crippen LogP) is 5.66. The Hall–Kier alpha value is -0.770. The Morgan fingerprint density at radius 2 is 1.75 bits per heavy atom. The molecule has 2 aromatic carbocycles. The van der Waals surface area contributed by atoms with E-state index in [2.05, 4.69) is 83.6 Å². The van der Waals surface area contributed by atoms with Crippen LogP contribution in [0.3, 0.4) is 0 Å². The SMILES string of the molecule is CCNC(CC)c1ccccc1Sc1ccc(Br)cc1. The standard InChI is InChI=1S/C17H20BrNS/c1-3-16(19-4-2)15-7-5-6-8-17(15)20-14-11-9-13(18)10-12-14/h5-12,16,19H,3-4H2,1-2H3. The molecule has 2 aromatic rings. The molecule has 0 aliphatic carbocycles. The topological polar surface area (TPSA) is 12.0 Å². The average molecular weight is 350 g/mol. The highest BCUT2D eigenvalue weighted by Gasteiger charge is 2.12. The minimum absolute atomic E-state index is 0.430. The van der Waals surface area contributed by atoms with Crippen molar-refractivity contribution in [2.75, 3.05) is 6.54 Å². The minimum atomic E-state index is 0.430. The van der Waals surface area contributed by atoms with E-state index in [4.69, 9.17) is 0 Å². The molecule has 0 bridgehead atoms. The van der Waals surface area contributed by atoms with E-state index >= 15 is 0 Å². The molecule has 20 heavy (non-hydrogen) atoms. The zero-order valence-corrected chi connectivity index (χ0v) is 14.3. The summed E-state index contributed by atoms with van der Waals surface area (Å²) in [5.74, 6) is 0. The maximum absolute atomic E-state index is 3.56. The van der Waals surface area contributed by atoms with Gasteiger partial charge in [-0.3, -0.25) is 0 Å². The molecular weight excluding hydrogens is 330 g/mol. The van der Waals surface area contributed by atoms with Crippen LogP contribution in [-0.4, -0.2) is 6.54 Å². The molecular formula is C17H20BrNS. The molecule has 0 saturated carbocycles. The minimum Gasteiger partial charge on any atom is -0.310 e. The van der Waals surface area contributed by atoms with Crippen LogP contribution in [0, 0.1) is 0 Å². The fourth-order valence-electron chi connectivity index (χ4n) is 2.21. The summed E-state index contributed by atoms with van der Waals surface area (Å²) in [5.41, 5.74) is 1.39. The highest BCUT2D eigenvalue weighted by Crippen LogP contribution is 2.34. The van der Waals surface area contributed by atoms with Crippen molar-refractivity contribution in [2.45, 2.75) is 36.1 Å². The fraction of sp³-hybridized carbons (Fsp3) is 0.294. The second-order valence-electron chi connectivity index (χ2n) is 4.61. The molecule has 0 saturated heterocycles. The summed E-state index contributed by atoms with van der Waals surface area (Å²) in [7, 11) is 0. The van der Waals surface area contributed by atoms with Crippen LogP contribution in [0.1, 0.15) is 31.9 Å². The summed E-state index contributed by atoms with van der Waals surface area (Å²) < 4.78 is 1.12. The Kier molecular flexibility index (Phi) is 6.14. The van der Waals surface area contributed by atoms with Crippen LogP contribution in [0.5, 0.6) is 0 Å². The third-order valence-corrected chi connectivity index (χ3v) is 4.82. The fourth-order valence-corrected chi connectivity index (χ4v) is 3.48. The molecule has 1 nitrogen and oxygen atoms in total. The highest BCUT2D eigenvalue weighted by molar-refractivity contribution is 9.10. The van der Waals surface area contributed by atoms with Crippen molar-refractivity contribution >= 4 is 27.7 Å². The first-order valence-corrected chi connectivity index (χ1v) is 8.61. The molecule has 0 aliphatic rings. The Morgan fingerprint density at radius 3 is 2.40 bits per heavy atom. The van der Waals surface area contributed by atoms with Gasteiger partial charge in [0.25, 0.3) is 0 Å². The van der Waals surface area contributed by atoms with Gasteiger partial charge >= 0.3 is 0 Å². The van der Waals surface area contributed by atoms with Crippen molar-refractivity contribution < 1.29 is 0 Å². The van der Waals surface area contributed by atoms with Crippen molar-refractivity contribution in [1.82, 2.24) is 5.32 Å². The highest BCUT2D eigenvalue weighted by atomic mass is 79.9. The Balaban J connectivity index is 2.25. The van der Waals surface area contributed by atoms with Gasteiger partial charge in [0, 0.05) is 20.3 Å². The lowest BCUT2D eigenvalue weighted by Gasteiger charge is -2.19. The van der Waals surface area contributed by atoms with Crippen LogP contribution >= 0.6 is 27.7 Å². The molecule has 1 unspecified atom stereocenters. The van der Waals surface area contributed by atoms with E-state index in [1.165, 1.54) is 15.4 Å². The summed E-state index contributed by atoms with van der Waals surface area (Å²) in [5, 5.41) is 3.56. The third-order valence-electron chi connectivity index (χ3n) is 3.19. The first-order chi connectivity index (χ1) is 9.74. The van der Waals surface area contributed by atoms with Crippen LogP contribution in [0.15, 0.2) is 62.8 Å². The summed E-state index contributed by atoms with van der Waals surface area (Å²) in [6, 6.07) is 17.6. The molecule has 0 heterocycles. The molecule has 0 spiro atoms. The molecule has 2 rings (SSSR count). The van der Waals surface area contributed by atoms with Crippen molar-refractivity contribution in [2.24, 2.45) is 0 Å². The van der Waals surface area contributed by atoms with Crippen LogP contribution in [0.4, 0.5) is 0 Å². The maximum atomic E-state index is 3.56. The second-order valence-corrected chi connectivity index (χ2v) is 6.64. The quantitative estimate of drug-likeness (QED) is 0.721.